The highest BCUT2D eigenvalue weighted by atomic mass is 19.1. The summed E-state index contributed by atoms with van der Waals surface area (Å²) >= 11 is 0. The average Bonchev–Trinajstić information content (AvgIpc) is 2.87. The van der Waals surface area contributed by atoms with Crippen molar-refractivity contribution in [3.8, 4) is 11.5 Å². The summed E-state index contributed by atoms with van der Waals surface area (Å²) < 4.78 is 25.3. The number of benzene rings is 3. The third kappa shape index (κ3) is 6.22. The molecule has 0 aliphatic heterocycles. The maximum Gasteiger partial charge on any atom is 0.162 e. The monoisotopic (exact) mass is 446 g/mol. The number of ether oxygens (including phenoxy) is 2. The Hall–Kier alpha value is -3.14. The molecule has 1 saturated carbocycles. The molecule has 1 aliphatic carbocycles. The number of hydrogen-bond donors (Lipinski definition) is 0. The molecule has 0 unspecified atom stereocenters. The molecular formula is C29H31FO3. The van der Waals surface area contributed by atoms with Crippen LogP contribution in [0.3, 0.4) is 0 Å². The van der Waals surface area contributed by atoms with Crippen molar-refractivity contribution < 1.29 is 18.7 Å². The summed E-state index contributed by atoms with van der Waals surface area (Å²) in [4.78, 5) is 11.8. The van der Waals surface area contributed by atoms with E-state index in [4.69, 9.17) is 9.47 Å². The van der Waals surface area contributed by atoms with Gasteiger partial charge in [0.25, 0.3) is 0 Å². The highest BCUT2D eigenvalue weighted by molar-refractivity contribution is 5.95. The summed E-state index contributed by atoms with van der Waals surface area (Å²) in [6.45, 7) is 2.89. The van der Waals surface area contributed by atoms with Gasteiger partial charge in [0.2, 0.25) is 0 Å². The standard InChI is InChI=1S/C29H31FO3/c1-2-29(31)23-12-16-27(17-13-23)33-20-24-7-3-4-9-28(24)22-10-14-26(15-11-22)32-19-21-6-5-8-25(30)18-21/h5-6,8,10-18,24,28H,2-4,7,9,19-20H2,1H3/t24-,28-/m0/s1. The topological polar surface area (TPSA) is 35.5 Å². The Balaban J connectivity index is 1.35. The Kier molecular flexibility index (Phi) is 7.77. The highest BCUT2D eigenvalue weighted by Gasteiger charge is 2.27. The predicted octanol–water partition coefficient (Wildman–Crippen LogP) is 7.35. The molecule has 0 spiro atoms. The summed E-state index contributed by atoms with van der Waals surface area (Å²) in [7, 11) is 0. The lowest BCUT2D eigenvalue weighted by atomic mass is 9.76. The maximum absolute atomic E-state index is 13.3. The van der Waals surface area contributed by atoms with Crippen LogP contribution in [0, 0.1) is 11.7 Å². The summed E-state index contributed by atoms with van der Waals surface area (Å²) in [6.07, 6.45) is 5.27. The van der Waals surface area contributed by atoms with E-state index in [0.717, 1.165) is 35.5 Å². The van der Waals surface area contributed by atoms with Crippen molar-refractivity contribution in [2.45, 2.75) is 51.6 Å². The van der Waals surface area contributed by atoms with Crippen LogP contribution >= 0.6 is 0 Å². The number of carbonyl (C=O) groups excluding carboxylic acids is 1. The molecule has 3 nitrogen and oxygen atoms in total. The number of rotatable bonds is 9. The molecule has 0 heterocycles. The van der Waals surface area contributed by atoms with Gasteiger partial charge in [-0.15, -0.1) is 0 Å². The molecule has 33 heavy (non-hydrogen) atoms. The number of carbonyl (C=O) groups is 1. The van der Waals surface area contributed by atoms with Gasteiger partial charge in [-0.2, -0.15) is 0 Å². The van der Waals surface area contributed by atoms with E-state index in [1.54, 1.807) is 6.07 Å². The Morgan fingerprint density at radius 3 is 2.33 bits per heavy atom. The van der Waals surface area contributed by atoms with Crippen LogP contribution in [0.2, 0.25) is 0 Å². The lowest BCUT2D eigenvalue weighted by Gasteiger charge is -2.32. The van der Waals surface area contributed by atoms with Gasteiger partial charge in [0, 0.05) is 12.0 Å². The van der Waals surface area contributed by atoms with Crippen molar-refractivity contribution in [3.63, 3.8) is 0 Å². The number of ketones is 1. The van der Waals surface area contributed by atoms with Gasteiger partial charge in [0.1, 0.15) is 23.9 Å². The summed E-state index contributed by atoms with van der Waals surface area (Å²) in [5, 5.41) is 0. The maximum atomic E-state index is 13.3. The molecule has 3 aromatic carbocycles. The van der Waals surface area contributed by atoms with Crippen LogP contribution in [-0.4, -0.2) is 12.4 Å². The molecule has 4 rings (SSSR count). The fraction of sp³-hybridized carbons (Fsp3) is 0.345. The highest BCUT2D eigenvalue weighted by Crippen LogP contribution is 2.38. The van der Waals surface area contributed by atoms with Crippen molar-refractivity contribution >= 4 is 5.78 Å². The zero-order valence-electron chi connectivity index (χ0n) is 19.1. The third-order valence-electron chi connectivity index (χ3n) is 6.47. The van der Waals surface area contributed by atoms with Gasteiger partial charge in [-0.25, -0.2) is 4.39 Å². The van der Waals surface area contributed by atoms with E-state index in [0.29, 0.717) is 31.5 Å². The minimum Gasteiger partial charge on any atom is -0.493 e. The van der Waals surface area contributed by atoms with E-state index in [1.165, 1.54) is 30.5 Å². The molecule has 0 amide bonds. The predicted molar refractivity (Wildman–Crippen MR) is 128 cm³/mol. The van der Waals surface area contributed by atoms with E-state index in [2.05, 4.69) is 12.1 Å². The van der Waals surface area contributed by atoms with Gasteiger partial charge in [0.05, 0.1) is 6.61 Å². The Labute approximate surface area is 195 Å². The molecule has 0 radical (unpaired) electrons. The van der Waals surface area contributed by atoms with Gasteiger partial charge in [-0.1, -0.05) is 44.0 Å². The Morgan fingerprint density at radius 1 is 0.909 bits per heavy atom. The lowest BCUT2D eigenvalue weighted by Crippen LogP contribution is -2.24. The lowest BCUT2D eigenvalue weighted by molar-refractivity contribution is 0.0988. The van der Waals surface area contributed by atoms with Crippen molar-refractivity contribution in [2.75, 3.05) is 6.61 Å². The Bertz CT molecular complexity index is 1040. The summed E-state index contributed by atoms with van der Waals surface area (Å²) in [6, 6.07) is 22.3. The zero-order chi connectivity index (χ0) is 23.0. The molecule has 172 valence electrons. The summed E-state index contributed by atoms with van der Waals surface area (Å²) in [5.41, 5.74) is 2.86. The van der Waals surface area contributed by atoms with Gasteiger partial charge in [-0.3, -0.25) is 4.79 Å². The van der Waals surface area contributed by atoms with Crippen LogP contribution < -0.4 is 9.47 Å². The smallest absolute Gasteiger partial charge is 0.162 e. The molecule has 0 N–H and O–H groups in total. The van der Waals surface area contributed by atoms with Gasteiger partial charge < -0.3 is 9.47 Å². The molecule has 0 saturated heterocycles. The van der Waals surface area contributed by atoms with E-state index in [9.17, 15) is 9.18 Å². The van der Waals surface area contributed by atoms with E-state index in [1.807, 2.05) is 49.4 Å². The van der Waals surface area contributed by atoms with Crippen molar-refractivity contribution in [2.24, 2.45) is 5.92 Å². The second-order valence-electron chi connectivity index (χ2n) is 8.75. The quantitative estimate of drug-likeness (QED) is 0.322. The molecule has 0 bridgehead atoms. The molecule has 0 aromatic heterocycles. The van der Waals surface area contributed by atoms with Crippen LogP contribution in [0.5, 0.6) is 11.5 Å². The van der Waals surface area contributed by atoms with Crippen LogP contribution in [-0.2, 0) is 6.61 Å². The van der Waals surface area contributed by atoms with Crippen LogP contribution in [0.15, 0.2) is 72.8 Å². The largest absolute Gasteiger partial charge is 0.493 e. The molecule has 2 atom stereocenters. The zero-order valence-corrected chi connectivity index (χ0v) is 19.1. The second kappa shape index (κ2) is 11.1. The first-order valence-electron chi connectivity index (χ1n) is 11.9. The third-order valence-corrected chi connectivity index (χ3v) is 6.47. The van der Waals surface area contributed by atoms with Crippen molar-refractivity contribution in [1.29, 1.82) is 0 Å². The molecule has 4 heteroatoms. The second-order valence-corrected chi connectivity index (χ2v) is 8.75. The minimum atomic E-state index is -0.248. The first-order valence-corrected chi connectivity index (χ1v) is 11.9. The SMILES string of the molecule is CCC(=O)c1ccc(OC[C@@H]2CCCC[C@H]2c2ccc(OCc3cccc(F)c3)cc2)cc1. The number of Topliss-reactive ketones (excluding diaryl/α,β-unsaturated/α-hetero) is 1. The van der Waals surface area contributed by atoms with Crippen molar-refractivity contribution in [3.05, 3.63) is 95.3 Å². The first kappa shape index (κ1) is 23.0. The van der Waals surface area contributed by atoms with Crippen LogP contribution in [0.1, 0.15) is 66.4 Å². The van der Waals surface area contributed by atoms with Gasteiger partial charge >= 0.3 is 0 Å². The fourth-order valence-electron chi connectivity index (χ4n) is 4.60. The van der Waals surface area contributed by atoms with E-state index in [-0.39, 0.29) is 11.6 Å². The average molecular weight is 447 g/mol. The normalized spacial score (nSPS) is 18.0. The number of halogens is 1. The van der Waals surface area contributed by atoms with E-state index >= 15 is 0 Å². The first-order chi connectivity index (χ1) is 16.1. The number of hydrogen-bond acceptors (Lipinski definition) is 3. The molecule has 3 aromatic rings. The molecular weight excluding hydrogens is 415 g/mol. The Morgan fingerprint density at radius 2 is 1.61 bits per heavy atom. The summed E-state index contributed by atoms with van der Waals surface area (Å²) in [5.74, 6) is 2.41. The van der Waals surface area contributed by atoms with E-state index < -0.39 is 0 Å². The van der Waals surface area contributed by atoms with Gasteiger partial charge in [0.15, 0.2) is 5.78 Å². The molecule has 1 aliphatic rings. The minimum absolute atomic E-state index is 0.150. The van der Waals surface area contributed by atoms with Gasteiger partial charge in [-0.05, 0) is 84.3 Å². The van der Waals surface area contributed by atoms with Crippen molar-refractivity contribution in [1.82, 2.24) is 0 Å². The fourth-order valence-corrected chi connectivity index (χ4v) is 4.60. The van der Waals surface area contributed by atoms with Crippen LogP contribution in [0.4, 0.5) is 4.39 Å². The van der Waals surface area contributed by atoms with Crippen LogP contribution in [0.25, 0.3) is 0 Å². The molecule has 1 fully saturated rings.